The van der Waals surface area contributed by atoms with Crippen LogP contribution in [0.5, 0.6) is 5.75 Å². The number of nitriles is 1. The Labute approximate surface area is 140 Å². The van der Waals surface area contributed by atoms with E-state index < -0.39 is 15.7 Å². The molecule has 1 amide bonds. The molecule has 2 aromatic carbocycles. The van der Waals surface area contributed by atoms with Gasteiger partial charge in [0, 0.05) is 0 Å². The van der Waals surface area contributed by atoms with Gasteiger partial charge in [-0.05, 0) is 35.4 Å². The Morgan fingerprint density at radius 2 is 1.71 bits per heavy atom. The molecular formula is C17H16N2O4S. The second-order valence-corrected chi connectivity index (χ2v) is 7.31. The number of carbonyl (C=O) groups excluding carboxylic acids is 1. The molecule has 0 radical (unpaired) electrons. The standard InChI is InChI=1S/C17H16N2O4S/c18-9-13-3-1-4-14(7-13)11-24(21,22)12-15-5-2-6-16(8-15)23-10-17(19)20/h1-8H,10-12H2,(H2,19,20). The van der Waals surface area contributed by atoms with E-state index in [1.165, 1.54) is 0 Å². The van der Waals surface area contributed by atoms with Crippen LogP contribution in [0.1, 0.15) is 16.7 Å². The zero-order valence-corrected chi connectivity index (χ0v) is 13.6. The molecule has 2 aromatic rings. The molecule has 0 aliphatic heterocycles. The molecule has 0 aromatic heterocycles. The lowest BCUT2D eigenvalue weighted by Gasteiger charge is -2.08. The maximum atomic E-state index is 12.3. The average Bonchev–Trinajstić information content (AvgIpc) is 2.52. The number of hydrogen-bond donors (Lipinski definition) is 1. The minimum absolute atomic E-state index is 0.158. The van der Waals surface area contributed by atoms with Crippen LogP contribution in [0.4, 0.5) is 0 Å². The monoisotopic (exact) mass is 344 g/mol. The largest absolute Gasteiger partial charge is 0.484 e. The number of ether oxygens (including phenoxy) is 1. The van der Waals surface area contributed by atoms with Crippen LogP contribution in [-0.2, 0) is 26.1 Å². The van der Waals surface area contributed by atoms with Crippen molar-refractivity contribution in [1.29, 1.82) is 5.26 Å². The first-order valence-electron chi connectivity index (χ1n) is 7.07. The number of hydrogen-bond acceptors (Lipinski definition) is 5. The summed E-state index contributed by atoms with van der Waals surface area (Å²) in [6.07, 6.45) is 0. The third-order valence-electron chi connectivity index (χ3n) is 3.11. The van der Waals surface area contributed by atoms with Gasteiger partial charge in [-0.15, -0.1) is 0 Å². The fraction of sp³-hybridized carbons (Fsp3) is 0.176. The lowest BCUT2D eigenvalue weighted by Crippen LogP contribution is -2.20. The normalized spacial score (nSPS) is 10.8. The minimum atomic E-state index is -3.42. The molecule has 0 aliphatic carbocycles. The third-order valence-corrected chi connectivity index (χ3v) is 4.66. The molecule has 0 unspecified atom stereocenters. The van der Waals surface area contributed by atoms with Gasteiger partial charge in [-0.25, -0.2) is 8.42 Å². The van der Waals surface area contributed by atoms with Crippen molar-refractivity contribution in [1.82, 2.24) is 0 Å². The second kappa shape index (κ2) is 7.62. The molecule has 7 heteroatoms. The van der Waals surface area contributed by atoms with Gasteiger partial charge in [0.2, 0.25) is 0 Å². The number of benzene rings is 2. The van der Waals surface area contributed by atoms with Gasteiger partial charge in [0.25, 0.3) is 5.91 Å². The molecule has 24 heavy (non-hydrogen) atoms. The van der Waals surface area contributed by atoms with Gasteiger partial charge in [0.15, 0.2) is 16.4 Å². The summed E-state index contributed by atoms with van der Waals surface area (Å²) in [5.41, 5.74) is 6.54. The van der Waals surface area contributed by atoms with Gasteiger partial charge in [0.05, 0.1) is 23.1 Å². The Kier molecular flexibility index (Phi) is 5.55. The zero-order valence-electron chi connectivity index (χ0n) is 12.8. The van der Waals surface area contributed by atoms with Crippen molar-refractivity contribution in [3.05, 3.63) is 65.2 Å². The van der Waals surface area contributed by atoms with Crippen molar-refractivity contribution in [2.75, 3.05) is 6.61 Å². The van der Waals surface area contributed by atoms with E-state index in [0.717, 1.165) is 0 Å². The Hall–Kier alpha value is -2.85. The summed E-state index contributed by atoms with van der Waals surface area (Å²) in [5, 5.41) is 8.87. The van der Waals surface area contributed by atoms with E-state index in [1.54, 1.807) is 48.5 Å². The van der Waals surface area contributed by atoms with E-state index in [0.29, 0.717) is 22.4 Å². The highest BCUT2D eigenvalue weighted by atomic mass is 32.2. The van der Waals surface area contributed by atoms with Crippen LogP contribution in [0, 0.1) is 11.3 Å². The number of amides is 1. The maximum Gasteiger partial charge on any atom is 0.255 e. The lowest BCUT2D eigenvalue weighted by atomic mass is 10.2. The van der Waals surface area contributed by atoms with Crippen LogP contribution >= 0.6 is 0 Å². The quantitative estimate of drug-likeness (QED) is 0.819. The number of carbonyl (C=O) groups is 1. The second-order valence-electron chi connectivity index (χ2n) is 5.25. The first-order chi connectivity index (χ1) is 11.4. The minimum Gasteiger partial charge on any atom is -0.484 e. The highest BCUT2D eigenvalue weighted by molar-refractivity contribution is 7.89. The van der Waals surface area contributed by atoms with Crippen LogP contribution in [0.2, 0.25) is 0 Å². The number of nitrogens with zero attached hydrogens (tertiary/aromatic N) is 1. The van der Waals surface area contributed by atoms with E-state index in [1.807, 2.05) is 6.07 Å². The molecule has 2 N–H and O–H groups in total. The lowest BCUT2D eigenvalue weighted by molar-refractivity contribution is -0.119. The molecule has 0 fully saturated rings. The molecule has 0 spiro atoms. The van der Waals surface area contributed by atoms with Gasteiger partial charge >= 0.3 is 0 Å². The van der Waals surface area contributed by atoms with Crippen molar-refractivity contribution < 1.29 is 17.9 Å². The molecule has 0 bridgehead atoms. The number of primary amides is 1. The van der Waals surface area contributed by atoms with Crippen LogP contribution in [-0.4, -0.2) is 20.9 Å². The van der Waals surface area contributed by atoms with E-state index in [2.05, 4.69) is 0 Å². The first kappa shape index (κ1) is 17.5. The van der Waals surface area contributed by atoms with Gasteiger partial charge in [-0.2, -0.15) is 5.26 Å². The van der Waals surface area contributed by atoms with E-state index >= 15 is 0 Å². The summed E-state index contributed by atoms with van der Waals surface area (Å²) in [4.78, 5) is 10.7. The number of nitrogens with two attached hydrogens (primary N) is 1. The van der Waals surface area contributed by atoms with Crippen molar-refractivity contribution in [2.45, 2.75) is 11.5 Å². The smallest absolute Gasteiger partial charge is 0.255 e. The molecule has 0 saturated carbocycles. The zero-order chi connectivity index (χ0) is 17.6. The fourth-order valence-electron chi connectivity index (χ4n) is 2.17. The SMILES string of the molecule is N#Cc1cccc(CS(=O)(=O)Cc2cccc(OCC(N)=O)c2)c1. The molecule has 0 atom stereocenters. The number of sulfone groups is 1. The summed E-state index contributed by atoms with van der Waals surface area (Å²) < 4.78 is 29.9. The molecule has 6 nitrogen and oxygen atoms in total. The molecular weight excluding hydrogens is 328 g/mol. The first-order valence-corrected chi connectivity index (χ1v) is 8.89. The Morgan fingerprint density at radius 1 is 1.08 bits per heavy atom. The van der Waals surface area contributed by atoms with E-state index in [4.69, 9.17) is 15.7 Å². The summed E-state index contributed by atoms with van der Waals surface area (Å²) in [6.45, 7) is -0.267. The number of rotatable bonds is 7. The van der Waals surface area contributed by atoms with Crippen molar-refractivity contribution in [3.8, 4) is 11.8 Å². The van der Waals surface area contributed by atoms with Crippen LogP contribution < -0.4 is 10.5 Å². The maximum absolute atomic E-state index is 12.3. The predicted octanol–water partition coefficient (Wildman–Crippen LogP) is 1.54. The summed E-state index contributed by atoms with van der Waals surface area (Å²) in [7, 11) is -3.42. The van der Waals surface area contributed by atoms with Crippen molar-refractivity contribution >= 4 is 15.7 Å². The highest BCUT2D eigenvalue weighted by Gasteiger charge is 2.14. The highest BCUT2D eigenvalue weighted by Crippen LogP contribution is 2.18. The summed E-state index contributed by atoms with van der Waals surface area (Å²) >= 11 is 0. The van der Waals surface area contributed by atoms with Gasteiger partial charge < -0.3 is 10.5 Å². The molecule has 0 heterocycles. The van der Waals surface area contributed by atoms with Gasteiger partial charge in [-0.1, -0.05) is 24.3 Å². The summed E-state index contributed by atoms with van der Waals surface area (Å²) in [5.74, 6) is -0.551. The Balaban J connectivity index is 2.10. The van der Waals surface area contributed by atoms with Crippen LogP contribution in [0.25, 0.3) is 0 Å². The Bertz CT molecular complexity index is 885. The Morgan fingerprint density at radius 3 is 2.33 bits per heavy atom. The third kappa shape index (κ3) is 5.41. The molecule has 0 saturated heterocycles. The van der Waals surface area contributed by atoms with E-state index in [-0.39, 0.29) is 18.1 Å². The molecule has 124 valence electrons. The van der Waals surface area contributed by atoms with Gasteiger partial charge in [0.1, 0.15) is 5.75 Å². The summed E-state index contributed by atoms with van der Waals surface area (Å²) in [6, 6.07) is 15.0. The van der Waals surface area contributed by atoms with Crippen LogP contribution in [0.15, 0.2) is 48.5 Å². The van der Waals surface area contributed by atoms with Crippen molar-refractivity contribution in [2.24, 2.45) is 5.73 Å². The fourth-order valence-corrected chi connectivity index (χ4v) is 3.65. The van der Waals surface area contributed by atoms with Gasteiger partial charge in [-0.3, -0.25) is 4.79 Å². The van der Waals surface area contributed by atoms with Crippen molar-refractivity contribution in [3.63, 3.8) is 0 Å². The van der Waals surface area contributed by atoms with Crippen LogP contribution in [0.3, 0.4) is 0 Å². The van der Waals surface area contributed by atoms with E-state index in [9.17, 15) is 13.2 Å². The topological polar surface area (TPSA) is 110 Å². The molecule has 2 rings (SSSR count). The average molecular weight is 344 g/mol. The molecule has 0 aliphatic rings. The predicted molar refractivity (Wildman–Crippen MR) is 88.6 cm³/mol.